The van der Waals surface area contributed by atoms with E-state index in [-0.39, 0.29) is 11.7 Å². The monoisotopic (exact) mass is 323 g/mol. The predicted molar refractivity (Wildman–Crippen MR) is 89.6 cm³/mol. The van der Waals surface area contributed by atoms with Gasteiger partial charge in [0.2, 0.25) is 0 Å². The largest absolute Gasteiger partial charge is 0.350 e. The van der Waals surface area contributed by atoms with Crippen molar-refractivity contribution in [3.05, 3.63) is 59.7 Å². The van der Waals surface area contributed by atoms with Gasteiger partial charge in [-0.05, 0) is 30.3 Å². The lowest BCUT2D eigenvalue weighted by Gasteiger charge is -2.05. The maximum atomic E-state index is 13.7. The van der Waals surface area contributed by atoms with E-state index in [2.05, 4.69) is 25.8 Å². The first-order valence-corrected chi connectivity index (χ1v) is 7.56. The number of aromatic nitrogens is 2. The molecule has 0 radical (unpaired) electrons. The number of fused-ring (bicyclic) bond motifs is 3. The molecular weight excluding hydrogens is 309 g/mol. The topological polar surface area (TPSA) is 82.2 Å². The fourth-order valence-corrected chi connectivity index (χ4v) is 2.81. The summed E-state index contributed by atoms with van der Waals surface area (Å²) < 4.78 is 13.7. The number of benzene rings is 1. The van der Waals surface area contributed by atoms with Crippen LogP contribution >= 0.6 is 0 Å². The van der Waals surface area contributed by atoms with Crippen LogP contribution in [-0.4, -0.2) is 28.1 Å². The van der Waals surface area contributed by atoms with E-state index in [1.807, 2.05) is 12.1 Å². The number of hydrazone groups is 1. The van der Waals surface area contributed by atoms with Gasteiger partial charge in [0.15, 0.2) is 0 Å². The molecule has 3 aromatic rings. The van der Waals surface area contributed by atoms with Gasteiger partial charge >= 0.3 is 0 Å². The standard InChI is InChI=1S/C17H14FN5O/c18-10-4-5-12-11(9-10)15-13(6-8-20-17(24)16(15)21-12)22-23-14-3-1-2-7-19-14/h1-5,7,9,21H,6,8H2,(H,19,23)(H,20,24)/b22-13+. The maximum absolute atomic E-state index is 13.7. The third-order valence-corrected chi connectivity index (χ3v) is 3.89. The summed E-state index contributed by atoms with van der Waals surface area (Å²) in [6, 6.07) is 9.85. The normalized spacial score (nSPS) is 15.9. The molecule has 2 aromatic heterocycles. The molecule has 0 saturated heterocycles. The number of carbonyl (C=O) groups is 1. The zero-order valence-corrected chi connectivity index (χ0v) is 12.6. The molecule has 0 fully saturated rings. The number of pyridine rings is 1. The smallest absolute Gasteiger partial charge is 0.268 e. The Morgan fingerprint density at radius 3 is 3.00 bits per heavy atom. The van der Waals surface area contributed by atoms with Crippen molar-refractivity contribution < 1.29 is 9.18 Å². The van der Waals surface area contributed by atoms with Crippen molar-refractivity contribution >= 4 is 28.3 Å². The van der Waals surface area contributed by atoms with Gasteiger partial charge in [-0.3, -0.25) is 10.2 Å². The van der Waals surface area contributed by atoms with Gasteiger partial charge in [-0.1, -0.05) is 6.07 Å². The summed E-state index contributed by atoms with van der Waals surface area (Å²) in [6.07, 6.45) is 2.19. The van der Waals surface area contributed by atoms with Crippen molar-refractivity contribution in [1.82, 2.24) is 15.3 Å². The fraction of sp³-hybridized carbons (Fsp3) is 0.118. The minimum atomic E-state index is -0.356. The van der Waals surface area contributed by atoms with Crippen LogP contribution in [0.3, 0.4) is 0 Å². The summed E-state index contributed by atoms with van der Waals surface area (Å²) in [5.41, 5.74) is 5.29. The fourth-order valence-electron chi connectivity index (χ4n) is 2.81. The Bertz CT molecular complexity index is 948. The summed E-state index contributed by atoms with van der Waals surface area (Å²) in [5.74, 6) is 0.0248. The first kappa shape index (κ1) is 14.4. The Kier molecular flexibility index (Phi) is 3.45. The molecule has 0 aliphatic carbocycles. The van der Waals surface area contributed by atoms with Gasteiger partial charge < -0.3 is 10.3 Å². The van der Waals surface area contributed by atoms with Gasteiger partial charge in [-0.15, -0.1) is 0 Å². The van der Waals surface area contributed by atoms with Gasteiger partial charge in [0.05, 0.1) is 5.71 Å². The van der Waals surface area contributed by atoms with Crippen molar-refractivity contribution in [2.24, 2.45) is 5.10 Å². The molecular formula is C17H14FN5O. The minimum Gasteiger partial charge on any atom is -0.350 e. The Morgan fingerprint density at radius 1 is 1.25 bits per heavy atom. The third kappa shape index (κ3) is 2.50. The zero-order valence-electron chi connectivity index (χ0n) is 12.6. The van der Waals surface area contributed by atoms with Crippen LogP contribution in [0.4, 0.5) is 10.2 Å². The highest BCUT2D eigenvalue weighted by Crippen LogP contribution is 2.26. The van der Waals surface area contributed by atoms with Crippen LogP contribution < -0.4 is 10.7 Å². The quantitative estimate of drug-likeness (QED) is 0.634. The van der Waals surface area contributed by atoms with E-state index in [1.165, 1.54) is 12.1 Å². The minimum absolute atomic E-state index is 0.218. The second-order valence-corrected chi connectivity index (χ2v) is 5.46. The predicted octanol–water partition coefficient (Wildman–Crippen LogP) is 2.65. The Hall–Kier alpha value is -3.22. The number of amides is 1. The van der Waals surface area contributed by atoms with Crippen LogP contribution in [0.15, 0.2) is 47.7 Å². The number of hydrogen-bond donors (Lipinski definition) is 3. The highest BCUT2D eigenvalue weighted by molar-refractivity contribution is 6.19. The molecule has 7 heteroatoms. The number of rotatable bonds is 2. The number of anilines is 1. The van der Waals surface area contributed by atoms with Crippen LogP contribution in [0.2, 0.25) is 0 Å². The molecule has 3 heterocycles. The molecule has 3 N–H and O–H groups in total. The molecule has 1 aliphatic rings. The van der Waals surface area contributed by atoms with Crippen LogP contribution in [0.5, 0.6) is 0 Å². The summed E-state index contributed by atoms with van der Waals surface area (Å²) >= 11 is 0. The molecule has 1 amide bonds. The van der Waals surface area contributed by atoms with Crippen molar-refractivity contribution in [3.63, 3.8) is 0 Å². The number of hydrogen-bond acceptors (Lipinski definition) is 4. The van der Waals surface area contributed by atoms with Crippen LogP contribution in [0.1, 0.15) is 22.5 Å². The molecule has 0 atom stereocenters. The van der Waals surface area contributed by atoms with Gasteiger partial charge in [0, 0.05) is 35.6 Å². The number of H-pyrrole nitrogens is 1. The molecule has 24 heavy (non-hydrogen) atoms. The zero-order chi connectivity index (χ0) is 16.5. The average molecular weight is 323 g/mol. The number of carbonyl (C=O) groups excluding carboxylic acids is 1. The molecule has 6 nitrogen and oxygen atoms in total. The SMILES string of the molecule is O=C1NCC/C(=N\Nc2ccccn2)c2c1[nH]c1ccc(F)cc21. The Labute approximate surface area is 136 Å². The lowest BCUT2D eigenvalue weighted by atomic mass is 10.0. The van der Waals surface area contributed by atoms with E-state index >= 15 is 0 Å². The first-order valence-electron chi connectivity index (χ1n) is 7.56. The van der Waals surface area contributed by atoms with E-state index in [1.54, 1.807) is 18.3 Å². The van der Waals surface area contributed by atoms with Gasteiger partial charge in [0.25, 0.3) is 5.91 Å². The molecule has 0 saturated carbocycles. The van der Waals surface area contributed by atoms with Crippen molar-refractivity contribution in [2.75, 3.05) is 12.0 Å². The lowest BCUT2D eigenvalue weighted by Crippen LogP contribution is -2.23. The highest BCUT2D eigenvalue weighted by atomic mass is 19.1. The van der Waals surface area contributed by atoms with E-state index < -0.39 is 0 Å². The Morgan fingerprint density at radius 2 is 2.17 bits per heavy atom. The van der Waals surface area contributed by atoms with E-state index in [0.717, 1.165) is 0 Å². The number of nitrogens with zero attached hydrogens (tertiary/aromatic N) is 2. The summed E-state index contributed by atoms with van der Waals surface area (Å²) in [5, 5.41) is 7.87. The van der Waals surface area contributed by atoms with Crippen LogP contribution in [-0.2, 0) is 0 Å². The maximum Gasteiger partial charge on any atom is 0.268 e. The Balaban J connectivity index is 1.84. The second kappa shape index (κ2) is 5.77. The lowest BCUT2D eigenvalue weighted by molar-refractivity contribution is 0.0952. The van der Waals surface area contributed by atoms with Gasteiger partial charge in [0.1, 0.15) is 17.3 Å². The molecule has 0 unspecified atom stereocenters. The molecule has 1 aromatic carbocycles. The van der Waals surface area contributed by atoms with Crippen molar-refractivity contribution in [1.29, 1.82) is 0 Å². The number of halogens is 1. The van der Waals surface area contributed by atoms with E-state index in [0.29, 0.717) is 46.7 Å². The summed E-state index contributed by atoms with van der Waals surface area (Å²) in [6.45, 7) is 0.459. The van der Waals surface area contributed by atoms with Crippen molar-refractivity contribution in [3.8, 4) is 0 Å². The molecule has 0 bridgehead atoms. The summed E-state index contributed by atoms with van der Waals surface area (Å²) in [4.78, 5) is 19.5. The molecule has 4 rings (SSSR count). The van der Waals surface area contributed by atoms with Crippen LogP contribution in [0.25, 0.3) is 10.9 Å². The highest BCUT2D eigenvalue weighted by Gasteiger charge is 2.25. The van der Waals surface area contributed by atoms with Crippen LogP contribution in [0, 0.1) is 5.82 Å². The number of nitrogens with one attached hydrogen (secondary N) is 3. The average Bonchev–Trinajstić information content (AvgIpc) is 2.89. The molecule has 1 aliphatic heterocycles. The van der Waals surface area contributed by atoms with E-state index in [9.17, 15) is 9.18 Å². The van der Waals surface area contributed by atoms with Gasteiger partial charge in [-0.2, -0.15) is 5.10 Å². The molecule has 120 valence electrons. The first-order chi connectivity index (χ1) is 11.7. The van der Waals surface area contributed by atoms with Gasteiger partial charge in [-0.25, -0.2) is 9.37 Å². The molecule has 0 spiro atoms. The number of aromatic amines is 1. The third-order valence-electron chi connectivity index (χ3n) is 3.89. The second-order valence-electron chi connectivity index (χ2n) is 5.46. The summed E-state index contributed by atoms with van der Waals surface area (Å²) in [7, 11) is 0. The van der Waals surface area contributed by atoms with E-state index in [4.69, 9.17) is 0 Å². The van der Waals surface area contributed by atoms with Crippen molar-refractivity contribution in [2.45, 2.75) is 6.42 Å².